The van der Waals surface area contributed by atoms with E-state index in [1.807, 2.05) is 34.9 Å². The van der Waals surface area contributed by atoms with Crippen molar-refractivity contribution >= 4 is 45.0 Å². The van der Waals surface area contributed by atoms with Crippen LogP contribution in [0, 0.1) is 0 Å². The molecular weight excluding hydrogens is 540 g/mol. The summed E-state index contributed by atoms with van der Waals surface area (Å²) in [6, 6.07) is 22.4. The minimum absolute atomic E-state index is 0.0395. The summed E-state index contributed by atoms with van der Waals surface area (Å²) in [4.78, 5) is 23.7. The van der Waals surface area contributed by atoms with Gasteiger partial charge in [-0.25, -0.2) is 13.6 Å². The monoisotopic (exact) mass is 566 g/mol. The van der Waals surface area contributed by atoms with E-state index in [4.69, 9.17) is 9.88 Å². The van der Waals surface area contributed by atoms with Crippen LogP contribution in [0.15, 0.2) is 88.9 Å². The highest BCUT2D eigenvalue weighted by molar-refractivity contribution is 7.99. The van der Waals surface area contributed by atoms with Crippen molar-refractivity contribution in [2.24, 2.45) is 5.14 Å². The number of rotatable bonds is 11. The van der Waals surface area contributed by atoms with E-state index in [2.05, 4.69) is 20.8 Å². The van der Waals surface area contributed by atoms with Crippen molar-refractivity contribution in [3.05, 3.63) is 90.3 Å². The maximum absolute atomic E-state index is 12.6. The standard InChI is InChI=1S/C26H26N6O5S2/c1-18(33)28-20-7-11-22(12-8-20)37-16-24-30-31-26(32(24)15-19-5-3-2-4-6-19)38-17-25(34)29-21-9-13-23(14-10-21)39(27,35)36/h2-14H,15-17H2,1H3,(H,28,33)(H,29,34)(H2,27,35,36). The number of primary sulfonamides is 1. The summed E-state index contributed by atoms with van der Waals surface area (Å²) in [7, 11) is -3.81. The van der Waals surface area contributed by atoms with Gasteiger partial charge in [0.15, 0.2) is 11.0 Å². The molecule has 0 aliphatic carbocycles. The predicted molar refractivity (Wildman–Crippen MR) is 148 cm³/mol. The number of benzene rings is 3. The Morgan fingerprint density at radius 1 is 0.923 bits per heavy atom. The van der Waals surface area contributed by atoms with Gasteiger partial charge in [-0.3, -0.25) is 14.2 Å². The van der Waals surface area contributed by atoms with E-state index in [0.29, 0.717) is 34.6 Å². The molecule has 4 aromatic rings. The van der Waals surface area contributed by atoms with Gasteiger partial charge in [0.25, 0.3) is 0 Å². The Morgan fingerprint density at radius 3 is 2.21 bits per heavy atom. The van der Waals surface area contributed by atoms with Crippen molar-refractivity contribution < 1.29 is 22.7 Å². The second-order valence-electron chi connectivity index (χ2n) is 8.37. The van der Waals surface area contributed by atoms with Crippen molar-refractivity contribution in [2.45, 2.75) is 30.1 Å². The van der Waals surface area contributed by atoms with Gasteiger partial charge in [0, 0.05) is 18.3 Å². The van der Waals surface area contributed by atoms with Crippen molar-refractivity contribution in [3.63, 3.8) is 0 Å². The van der Waals surface area contributed by atoms with E-state index in [9.17, 15) is 18.0 Å². The second kappa shape index (κ2) is 12.6. The zero-order chi connectivity index (χ0) is 27.8. The van der Waals surface area contributed by atoms with Crippen LogP contribution < -0.4 is 20.5 Å². The van der Waals surface area contributed by atoms with E-state index in [-0.39, 0.29) is 29.1 Å². The molecule has 39 heavy (non-hydrogen) atoms. The third-order valence-corrected chi connectivity index (χ3v) is 7.21. The Labute approximate surface area is 229 Å². The number of carbonyl (C=O) groups is 2. The van der Waals surface area contributed by atoms with Crippen LogP contribution in [0.2, 0.25) is 0 Å². The average molecular weight is 567 g/mol. The van der Waals surface area contributed by atoms with E-state index in [1.54, 1.807) is 24.3 Å². The first-order valence-electron chi connectivity index (χ1n) is 11.7. The highest BCUT2D eigenvalue weighted by atomic mass is 32.2. The largest absolute Gasteiger partial charge is 0.486 e. The minimum Gasteiger partial charge on any atom is -0.486 e. The van der Waals surface area contributed by atoms with Gasteiger partial charge in [-0.05, 0) is 54.1 Å². The summed E-state index contributed by atoms with van der Waals surface area (Å²) < 4.78 is 30.6. The van der Waals surface area contributed by atoms with Crippen molar-refractivity contribution in [2.75, 3.05) is 16.4 Å². The number of aromatic nitrogens is 3. The van der Waals surface area contributed by atoms with Crippen LogP contribution in [0.1, 0.15) is 18.3 Å². The van der Waals surface area contributed by atoms with Crippen molar-refractivity contribution in [3.8, 4) is 5.75 Å². The van der Waals surface area contributed by atoms with Crippen molar-refractivity contribution in [1.29, 1.82) is 0 Å². The topological polar surface area (TPSA) is 158 Å². The summed E-state index contributed by atoms with van der Waals surface area (Å²) >= 11 is 1.22. The molecule has 0 radical (unpaired) electrons. The van der Waals surface area contributed by atoms with E-state index >= 15 is 0 Å². The molecule has 0 unspecified atom stereocenters. The molecular formula is C26H26N6O5S2. The number of thioether (sulfide) groups is 1. The fourth-order valence-corrected chi connectivity index (χ4v) is 4.77. The van der Waals surface area contributed by atoms with Gasteiger partial charge >= 0.3 is 0 Å². The molecule has 1 heterocycles. The van der Waals surface area contributed by atoms with Gasteiger partial charge in [-0.2, -0.15) is 0 Å². The Hall–Kier alpha value is -4.20. The molecule has 0 bridgehead atoms. The van der Waals surface area contributed by atoms with Crippen LogP contribution in [-0.2, 0) is 32.8 Å². The fraction of sp³-hybridized carbons (Fsp3) is 0.154. The summed E-state index contributed by atoms with van der Waals surface area (Å²) in [5.74, 6) is 0.771. The van der Waals surface area contributed by atoms with Crippen LogP contribution in [-0.4, -0.2) is 40.7 Å². The SMILES string of the molecule is CC(=O)Nc1ccc(OCc2nnc(SCC(=O)Nc3ccc(S(N)(=O)=O)cc3)n2Cc2ccccc2)cc1. The number of anilines is 2. The van der Waals surface area contributed by atoms with Crippen LogP contribution in [0.25, 0.3) is 0 Å². The molecule has 3 aromatic carbocycles. The first-order valence-corrected chi connectivity index (χ1v) is 14.2. The van der Waals surface area contributed by atoms with Crippen LogP contribution in [0.4, 0.5) is 11.4 Å². The number of nitrogens with two attached hydrogens (primary N) is 1. The lowest BCUT2D eigenvalue weighted by Gasteiger charge is -2.12. The molecule has 0 spiro atoms. The lowest BCUT2D eigenvalue weighted by Crippen LogP contribution is -2.16. The van der Waals surface area contributed by atoms with Crippen LogP contribution in [0.5, 0.6) is 5.75 Å². The first-order chi connectivity index (χ1) is 18.7. The fourth-order valence-electron chi connectivity index (χ4n) is 3.50. The molecule has 0 aliphatic rings. The van der Waals surface area contributed by atoms with Crippen LogP contribution in [0.3, 0.4) is 0 Å². The molecule has 2 amide bonds. The van der Waals surface area contributed by atoms with E-state index < -0.39 is 10.0 Å². The van der Waals surface area contributed by atoms with Gasteiger partial charge in [-0.15, -0.1) is 10.2 Å². The second-order valence-corrected chi connectivity index (χ2v) is 10.9. The number of nitrogens with one attached hydrogen (secondary N) is 2. The molecule has 1 aromatic heterocycles. The molecule has 0 saturated carbocycles. The van der Waals surface area contributed by atoms with Gasteiger partial charge in [0.2, 0.25) is 21.8 Å². The Morgan fingerprint density at radius 2 is 1.56 bits per heavy atom. The first kappa shape index (κ1) is 27.8. The Kier molecular flexibility index (Phi) is 8.96. The maximum atomic E-state index is 12.6. The Bertz CT molecular complexity index is 1540. The Balaban J connectivity index is 1.43. The average Bonchev–Trinajstić information content (AvgIpc) is 3.28. The predicted octanol–water partition coefficient (Wildman–Crippen LogP) is 3.24. The van der Waals surface area contributed by atoms with Gasteiger partial charge < -0.3 is 15.4 Å². The molecule has 0 fully saturated rings. The lowest BCUT2D eigenvalue weighted by atomic mass is 10.2. The number of hydrogen-bond donors (Lipinski definition) is 3. The van der Waals surface area contributed by atoms with Crippen LogP contribution >= 0.6 is 11.8 Å². The highest BCUT2D eigenvalue weighted by Crippen LogP contribution is 2.22. The number of carbonyl (C=O) groups excluding carboxylic acids is 2. The molecule has 0 saturated heterocycles. The highest BCUT2D eigenvalue weighted by Gasteiger charge is 2.16. The number of hydrogen-bond acceptors (Lipinski definition) is 8. The zero-order valence-corrected chi connectivity index (χ0v) is 22.5. The van der Waals surface area contributed by atoms with Gasteiger partial charge in [0.05, 0.1) is 17.2 Å². The van der Waals surface area contributed by atoms with E-state index in [1.165, 1.54) is 43.0 Å². The molecule has 0 atom stereocenters. The maximum Gasteiger partial charge on any atom is 0.238 e. The van der Waals surface area contributed by atoms with Gasteiger partial charge in [0.1, 0.15) is 12.4 Å². The van der Waals surface area contributed by atoms with Crippen molar-refractivity contribution in [1.82, 2.24) is 14.8 Å². The summed E-state index contributed by atoms with van der Waals surface area (Å²) in [5, 5.41) is 19.6. The third kappa shape index (κ3) is 8.14. The minimum atomic E-state index is -3.81. The molecule has 4 N–H and O–H groups in total. The smallest absolute Gasteiger partial charge is 0.238 e. The zero-order valence-electron chi connectivity index (χ0n) is 20.9. The molecule has 11 nitrogen and oxygen atoms in total. The van der Waals surface area contributed by atoms with E-state index in [0.717, 1.165) is 5.56 Å². The quantitative estimate of drug-likeness (QED) is 0.233. The number of sulfonamides is 1. The molecule has 13 heteroatoms. The normalized spacial score (nSPS) is 11.1. The van der Waals surface area contributed by atoms with Gasteiger partial charge in [-0.1, -0.05) is 42.1 Å². The lowest BCUT2D eigenvalue weighted by molar-refractivity contribution is -0.114. The third-order valence-electron chi connectivity index (χ3n) is 5.32. The number of ether oxygens (including phenoxy) is 1. The molecule has 4 rings (SSSR count). The number of nitrogens with zero attached hydrogens (tertiary/aromatic N) is 3. The molecule has 202 valence electrons. The summed E-state index contributed by atoms with van der Waals surface area (Å²) in [5.41, 5.74) is 2.14. The molecule has 0 aliphatic heterocycles. The summed E-state index contributed by atoms with van der Waals surface area (Å²) in [6.07, 6.45) is 0. The number of amides is 2. The summed E-state index contributed by atoms with van der Waals surface area (Å²) in [6.45, 7) is 2.06.